The maximum Gasteiger partial charge on any atom is 0.0910 e. The maximum atomic E-state index is 6.47. The monoisotopic (exact) mass is 451 g/mol. The van der Waals surface area contributed by atoms with Gasteiger partial charge in [-0.2, -0.15) is 0 Å². The number of thioether (sulfide) groups is 1. The highest BCUT2D eigenvalue weighted by Gasteiger charge is 2.11. The average molecular weight is 453 g/mol. The van der Waals surface area contributed by atoms with Crippen molar-refractivity contribution in [3.63, 3.8) is 0 Å². The molecule has 0 aliphatic rings. The van der Waals surface area contributed by atoms with Gasteiger partial charge in [0, 0.05) is 41.3 Å². The van der Waals surface area contributed by atoms with E-state index in [9.17, 15) is 0 Å². The zero-order valence-corrected chi connectivity index (χ0v) is 18.6. The molecular formula is C20H23BrClN3S. The molecule has 0 radical (unpaired) electrons. The number of aryl methyl sites for hydroxylation is 1. The Morgan fingerprint density at radius 1 is 1.31 bits per heavy atom. The highest BCUT2D eigenvalue weighted by Crippen LogP contribution is 2.30. The zero-order valence-electron chi connectivity index (χ0n) is 15.5. The first-order valence-electron chi connectivity index (χ1n) is 8.33. The molecule has 0 amide bonds. The fraction of sp³-hybridized carbons (Fsp3) is 0.300. The summed E-state index contributed by atoms with van der Waals surface area (Å²) < 4.78 is 1.08. The van der Waals surface area contributed by atoms with Crippen molar-refractivity contribution in [1.29, 1.82) is 0 Å². The third kappa shape index (κ3) is 5.86. The average Bonchev–Trinajstić information content (AvgIpc) is 2.63. The first-order valence-corrected chi connectivity index (χ1v) is 10.5. The lowest BCUT2D eigenvalue weighted by molar-refractivity contribution is 0.552. The van der Waals surface area contributed by atoms with Gasteiger partial charge in [-0.25, -0.2) is 4.99 Å². The van der Waals surface area contributed by atoms with E-state index in [1.165, 1.54) is 4.90 Å². The number of hydrogen-bond acceptors (Lipinski definition) is 3. The number of benzene rings is 2. The van der Waals surface area contributed by atoms with E-state index in [1.807, 2.05) is 43.3 Å². The molecule has 26 heavy (non-hydrogen) atoms. The van der Waals surface area contributed by atoms with Crippen LogP contribution in [0.4, 0.5) is 5.69 Å². The van der Waals surface area contributed by atoms with E-state index >= 15 is 0 Å². The Morgan fingerprint density at radius 3 is 2.73 bits per heavy atom. The molecule has 0 saturated heterocycles. The van der Waals surface area contributed by atoms with E-state index in [0.29, 0.717) is 5.02 Å². The quantitative estimate of drug-likeness (QED) is 0.283. The minimum absolute atomic E-state index is 0.639. The molecule has 0 bridgehead atoms. The molecular weight excluding hydrogens is 430 g/mol. The summed E-state index contributed by atoms with van der Waals surface area (Å²) in [5.74, 6) is 0.783. The van der Waals surface area contributed by atoms with Gasteiger partial charge < -0.3 is 4.90 Å². The SMILES string of the molecule is CCN(C)C=Nc1cc(C)c(C(CSc2cccc(Br)c2)=NC)cc1Cl. The van der Waals surface area contributed by atoms with Crippen molar-refractivity contribution in [3.05, 3.63) is 57.0 Å². The van der Waals surface area contributed by atoms with Crippen LogP contribution in [0.5, 0.6) is 0 Å². The standard InChI is InChI=1S/C20H23BrClN3S/c1-5-25(4)13-24-19-9-14(2)17(11-18(19)22)20(23-3)12-26-16-8-6-7-15(21)10-16/h6-11,13H,5,12H2,1-4H3. The third-order valence-corrected chi connectivity index (χ3v) is 5.74. The van der Waals surface area contributed by atoms with Crippen molar-refractivity contribution >= 4 is 57.0 Å². The molecule has 0 aliphatic heterocycles. The highest BCUT2D eigenvalue weighted by atomic mass is 79.9. The van der Waals surface area contributed by atoms with Gasteiger partial charge in [0.05, 0.1) is 22.8 Å². The Hall–Kier alpha value is -1.30. The van der Waals surface area contributed by atoms with Gasteiger partial charge in [0.25, 0.3) is 0 Å². The molecule has 0 aliphatic carbocycles. The molecule has 0 spiro atoms. The molecule has 2 aromatic rings. The van der Waals surface area contributed by atoms with Crippen molar-refractivity contribution in [2.24, 2.45) is 9.98 Å². The van der Waals surface area contributed by atoms with Crippen LogP contribution < -0.4 is 0 Å². The molecule has 2 aromatic carbocycles. The molecule has 0 fully saturated rings. The van der Waals surface area contributed by atoms with E-state index in [1.54, 1.807) is 18.1 Å². The summed E-state index contributed by atoms with van der Waals surface area (Å²) in [6.45, 7) is 5.05. The molecule has 6 heteroatoms. The van der Waals surface area contributed by atoms with Gasteiger partial charge in [-0.05, 0) is 49.7 Å². The molecule has 138 valence electrons. The molecule has 3 nitrogen and oxygen atoms in total. The second-order valence-electron chi connectivity index (χ2n) is 5.85. The van der Waals surface area contributed by atoms with Crippen molar-refractivity contribution < 1.29 is 0 Å². The normalized spacial score (nSPS) is 12.0. The smallest absolute Gasteiger partial charge is 0.0910 e. The number of nitrogens with zero attached hydrogens (tertiary/aromatic N) is 3. The van der Waals surface area contributed by atoms with Gasteiger partial charge in [-0.1, -0.05) is 33.6 Å². The van der Waals surface area contributed by atoms with Gasteiger partial charge in [-0.15, -0.1) is 11.8 Å². The summed E-state index contributed by atoms with van der Waals surface area (Å²) in [5.41, 5.74) is 4.00. The molecule has 2 rings (SSSR count). The maximum absolute atomic E-state index is 6.47. The van der Waals surface area contributed by atoms with E-state index in [2.05, 4.69) is 51.9 Å². The highest BCUT2D eigenvalue weighted by molar-refractivity contribution is 9.10. The Balaban J connectivity index is 2.20. The molecule has 0 unspecified atom stereocenters. The van der Waals surface area contributed by atoms with Gasteiger partial charge in [0.15, 0.2) is 0 Å². The lowest BCUT2D eigenvalue weighted by atomic mass is 10.0. The van der Waals surface area contributed by atoms with Crippen molar-refractivity contribution in [1.82, 2.24) is 4.90 Å². The number of rotatable bonds is 7. The fourth-order valence-electron chi connectivity index (χ4n) is 2.29. The largest absolute Gasteiger partial charge is 0.366 e. The molecule has 0 heterocycles. The van der Waals surface area contributed by atoms with Crippen LogP contribution in [0.2, 0.25) is 5.02 Å². The number of halogens is 2. The molecule has 0 N–H and O–H groups in total. The molecule has 0 aromatic heterocycles. The summed E-state index contributed by atoms with van der Waals surface area (Å²) in [4.78, 5) is 12.2. The third-order valence-electron chi connectivity index (χ3n) is 3.94. The van der Waals surface area contributed by atoms with Crippen LogP contribution in [0.3, 0.4) is 0 Å². The summed E-state index contributed by atoms with van der Waals surface area (Å²) in [5, 5.41) is 0.639. The van der Waals surface area contributed by atoms with Crippen molar-refractivity contribution in [3.8, 4) is 0 Å². The topological polar surface area (TPSA) is 28.0 Å². The summed E-state index contributed by atoms with van der Waals surface area (Å²) >= 11 is 11.7. The predicted octanol–water partition coefficient (Wildman–Crippen LogP) is 6.23. The second-order valence-corrected chi connectivity index (χ2v) is 8.22. The summed E-state index contributed by atoms with van der Waals surface area (Å²) in [6.07, 6.45) is 1.80. The first-order chi connectivity index (χ1) is 12.4. The summed E-state index contributed by atoms with van der Waals surface area (Å²) in [6, 6.07) is 12.3. The minimum atomic E-state index is 0.639. The van der Waals surface area contributed by atoms with Crippen LogP contribution in [0.25, 0.3) is 0 Å². The van der Waals surface area contributed by atoms with Crippen LogP contribution in [0.15, 0.2) is 55.8 Å². The van der Waals surface area contributed by atoms with Gasteiger partial charge in [0.2, 0.25) is 0 Å². The van der Waals surface area contributed by atoms with E-state index in [0.717, 1.165) is 39.3 Å². The Bertz CT molecular complexity index is 821. The fourth-order valence-corrected chi connectivity index (χ4v) is 4.03. The van der Waals surface area contributed by atoms with Crippen molar-refractivity contribution in [2.75, 3.05) is 26.4 Å². The summed E-state index contributed by atoms with van der Waals surface area (Å²) in [7, 11) is 3.81. The Kier molecular flexibility index (Phi) is 8.19. The van der Waals surface area contributed by atoms with Gasteiger partial charge >= 0.3 is 0 Å². The molecule has 0 saturated carbocycles. The van der Waals surface area contributed by atoms with Gasteiger partial charge in [0.1, 0.15) is 0 Å². The minimum Gasteiger partial charge on any atom is -0.366 e. The lowest BCUT2D eigenvalue weighted by Crippen LogP contribution is -2.14. The molecule has 0 atom stereocenters. The Morgan fingerprint density at radius 2 is 2.08 bits per heavy atom. The van der Waals surface area contributed by atoms with E-state index in [4.69, 9.17) is 11.6 Å². The van der Waals surface area contributed by atoms with Gasteiger partial charge in [-0.3, -0.25) is 4.99 Å². The van der Waals surface area contributed by atoms with Crippen LogP contribution in [-0.2, 0) is 0 Å². The zero-order chi connectivity index (χ0) is 19.1. The van der Waals surface area contributed by atoms with Crippen molar-refractivity contribution in [2.45, 2.75) is 18.7 Å². The number of hydrogen-bond donors (Lipinski definition) is 0. The van der Waals surface area contributed by atoms with E-state index < -0.39 is 0 Å². The predicted molar refractivity (Wildman–Crippen MR) is 120 cm³/mol. The Labute approximate surface area is 173 Å². The second kappa shape index (κ2) is 10.1. The van der Waals surface area contributed by atoms with Crippen LogP contribution in [0, 0.1) is 6.92 Å². The first kappa shape index (κ1) is 21.0. The number of aliphatic imine (C=N–C) groups is 2. The van der Waals surface area contributed by atoms with Crippen LogP contribution in [0.1, 0.15) is 18.1 Å². The van der Waals surface area contributed by atoms with Crippen LogP contribution >= 0.6 is 39.3 Å². The lowest BCUT2D eigenvalue weighted by Gasteiger charge is -2.13. The van der Waals surface area contributed by atoms with Crippen LogP contribution in [-0.4, -0.2) is 43.3 Å². The van der Waals surface area contributed by atoms with E-state index in [-0.39, 0.29) is 0 Å².